The molecule has 0 fully saturated rings. The Kier molecular flexibility index (Phi) is 5.16. The smallest absolute Gasteiger partial charge is 0.211 e. The Balaban J connectivity index is 2.27. The molecule has 0 bridgehead atoms. The van der Waals surface area contributed by atoms with E-state index < -0.39 is 0 Å². The molecule has 0 atom stereocenters. The number of benzene rings is 2. The summed E-state index contributed by atoms with van der Waals surface area (Å²) < 4.78 is 0. The first-order valence-electron chi connectivity index (χ1n) is 7.01. The van der Waals surface area contributed by atoms with Crippen molar-refractivity contribution in [1.29, 1.82) is 0 Å². The third-order valence-electron chi connectivity index (χ3n) is 3.40. The molecule has 0 aromatic heterocycles. The molecule has 2 rings (SSSR count). The molecule has 0 saturated carbocycles. The van der Waals surface area contributed by atoms with Crippen LogP contribution in [0.1, 0.15) is 36.5 Å². The van der Waals surface area contributed by atoms with Crippen LogP contribution in [0.2, 0.25) is 0 Å². The molecule has 0 radical (unpaired) electrons. The zero-order valence-electron chi connectivity index (χ0n) is 12.5. The lowest BCUT2D eigenvalue weighted by Gasteiger charge is -2.11. The second-order valence-electron chi connectivity index (χ2n) is 5.30. The molecule has 0 amide bonds. The van der Waals surface area contributed by atoms with Crippen LogP contribution in [0.15, 0.2) is 52.4 Å². The predicted molar refractivity (Wildman–Crippen MR) is 85.3 cm³/mol. The van der Waals surface area contributed by atoms with E-state index in [4.69, 9.17) is 0 Å². The SMILES string of the molecule is CC(C)c1cc(Cc2ccc(N=C=O)cc2)ccc1N=C=O. The van der Waals surface area contributed by atoms with Gasteiger partial charge in [-0.1, -0.05) is 38.1 Å². The van der Waals surface area contributed by atoms with Crippen LogP contribution in [-0.4, -0.2) is 12.2 Å². The number of hydrogen-bond acceptors (Lipinski definition) is 4. The lowest BCUT2D eigenvalue weighted by molar-refractivity contribution is 0.564. The number of rotatable bonds is 5. The van der Waals surface area contributed by atoms with Crippen molar-refractivity contribution in [2.75, 3.05) is 0 Å². The summed E-state index contributed by atoms with van der Waals surface area (Å²) in [5, 5.41) is 0. The van der Waals surface area contributed by atoms with E-state index in [0.29, 0.717) is 11.4 Å². The summed E-state index contributed by atoms with van der Waals surface area (Å²) >= 11 is 0. The van der Waals surface area contributed by atoms with Gasteiger partial charge in [-0.25, -0.2) is 9.59 Å². The lowest BCUT2D eigenvalue weighted by atomic mass is 9.96. The fraction of sp³-hybridized carbons (Fsp3) is 0.222. The summed E-state index contributed by atoms with van der Waals surface area (Å²) in [6, 6.07) is 13.3. The average Bonchev–Trinajstić information content (AvgIpc) is 2.51. The minimum atomic E-state index is 0.274. The van der Waals surface area contributed by atoms with Crippen molar-refractivity contribution in [3.05, 3.63) is 59.2 Å². The van der Waals surface area contributed by atoms with Gasteiger partial charge in [0, 0.05) is 0 Å². The van der Waals surface area contributed by atoms with Crippen molar-refractivity contribution in [1.82, 2.24) is 0 Å². The number of hydrogen-bond donors (Lipinski definition) is 0. The quantitative estimate of drug-likeness (QED) is 0.608. The number of nitrogens with zero attached hydrogens (tertiary/aromatic N) is 2. The second-order valence-corrected chi connectivity index (χ2v) is 5.30. The van der Waals surface area contributed by atoms with Gasteiger partial charge >= 0.3 is 0 Å². The van der Waals surface area contributed by atoms with Gasteiger partial charge in [-0.3, -0.25) is 0 Å². The Morgan fingerprint density at radius 2 is 1.55 bits per heavy atom. The van der Waals surface area contributed by atoms with Crippen LogP contribution >= 0.6 is 0 Å². The largest absolute Gasteiger partial charge is 0.240 e. The van der Waals surface area contributed by atoms with Gasteiger partial charge in [0.05, 0.1) is 11.4 Å². The van der Waals surface area contributed by atoms with E-state index in [1.54, 1.807) is 18.2 Å². The normalized spacial score (nSPS) is 9.95. The monoisotopic (exact) mass is 292 g/mol. The van der Waals surface area contributed by atoms with E-state index in [9.17, 15) is 9.59 Å². The van der Waals surface area contributed by atoms with E-state index in [0.717, 1.165) is 23.1 Å². The first-order valence-corrected chi connectivity index (χ1v) is 7.01. The van der Waals surface area contributed by atoms with Crippen LogP contribution < -0.4 is 0 Å². The standard InChI is InChI=1S/C18H16N2O2/c1-13(2)17-10-15(5-8-18(17)20-12-22)9-14-3-6-16(7-4-14)19-11-21/h3-8,10,13H,9H2,1-2H3. The van der Waals surface area contributed by atoms with Crippen LogP contribution in [0.25, 0.3) is 0 Å². The first-order chi connectivity index (χ1) is 10.6. The van der Waals surface area contributed by atoms with E-state index in [1.807, 2.05) is 24.3 Å². The Labute approximate surface area is 129 Å². The predicted octanol–water partition coefficient (Wildman–Crippen LogP) is 4.34. The topological polar surface area (TPSA) is 58.9 Å². The van der Waals surface area contributed by atoms with Crippen LogP contribution in [0.5, 0.6) is 0 Å². The van der Waals surface area contributed by atoms with Crippen molar-refractivity contribution in [3.8, 4) is 0 Å². The summed E-state index contributed by atoms with van der Waals surface area (Å²) in [7, 11) is 0. The molecule has 0 aliphatic heterocycles. The third-order valence-corrected chi connectivity index (χ3v) is 3.40. The summed E-state index contributed by atoms with van der Waals surface area (Å²) in [5.41, 5.74) is 4.55. The summed E-state index contributed by atoms with van der Waals surface area (Å²) in [6.07, 6.45) is 3.88. The molecule has 110 valence electrons. The number of isocyanates is 2. The highest BCUT2D eigenvalue weighted by Gasteiger charge is 2.08. The zero-order chi connectivity index (χ0) is 15.9. The second kappa shape index (κ2) is 7.28. The van der Waals surface area contributed by atoms with Crippen molar-refractivity contribution in [3.63, 3.8) is 0 Å². The molecule has 0 heterocycles. The van der Waals surface area contributed by atoms with Gasteiger partial charge in [0.25, 0.3) is 0 Å². The molecular formula is C18H16N2O2. The van der Waals surface area contributed by atoms with Crippen molar-refractivity contribution < 1.29 is 9.59 Å². The van der Waals surface area contributed by atoms with Crippen LogP contribution in [0.3, 0.4) is 0 Å². The molecule has 4 heteroatoms. The Morgan fingerprint density at radius 1 is 0.909 bits per heavy atom. The fourth-order valence-corrected chi connectivity index (χ4v) is 2.30. The summed E-state index contributed by atoms with van der Waals surface area (Å²) in [5.74, 6) is 0.274. The van der Waals surface area contributed by atoms with Gasteiger partial charge < -0.3 is 0 Å². The molecule has 0 saturated heterocycles. The molecule has 0 spiro atoms. The van der Waals surface area contributed by atoms with E-state index in [1.165, 1.54) is 6.08 Å². The van der Waals surface area contributed by atoms with Gasteiger partial charge in [0.2, 0.25) is 12.2 Å². The van der Waals surface area contributed by atoms with Crippen LogP contribution in [-0.2, 0) is 16.0 Å². The maximum absolute atomic E-state index is 10.5. The highest BCUT2D eigenvalue weighted by molar-refractivity contribution is 5.56. The first kappa shape index (κ1) is 15.6. The van der Waals surface area contributed by atoms with E-state index in [-0.39, 0.29) is 5.92 Å². The van der Waals surface area contributed by atoms with E-state index in [2.05, 4.69) is 29.9 Å². The number of carbonyl (C=O) groups excluding carboxylic acids is 2. The maximum Gasteiger partial charge on any atom is 0.240 e. The van der Waals surface area contributed by atoms with Crippen LogP contribution in [0, 0.1) is 0 Å². The van der Waals surface area contributed by atoms with E-state index >= 15 is 0 Å². The highest BCUT2D eigenvalue weighted by Crippen LogP contribution is 2.28. The molecular weight excluding hydrogens is 276 g/mol. The molecule has 22 heavy (non-hydrogen) atoms. The summed E-state index contributed by atoms with van der Waals surface area (Å²) in [6.45, 7) is 4.13. The Bertz CT molecular complexity index is 751. The van der Waals surface area contributed by atoms with Gasteiger partial charge in [0.15, 0.2) is 0 Å². The molecule has 0 aliphatic rings. The maximum atomic E-state index is 10.5. The average molecular weight is 292 g/mol. The molecule has 4 nitrogen and oxygen atoms in total. The molecule has 2 aromatic carbocycles. The van der Waals surface area contributed by atoms with Gasteiger partial charge in [-0.15, -0.1) is 0 Å². The van der Waals surface area contributed by atoms with Crippen LogP contribution in [0.4, 0.5) is 11.4 Å². The van der Waals surface area contributed by atoms with Crippen molar-refractivity contribution >= 4 is 23.5 Å². The zero-order valence-corrected chi connectivity index (χ0v) is 12.5. The Hall–Kier alpha value is -2.80. The van der Waals surface area contributed by atoms with Gasteiger partial charge in [0.1, 0.15) is 0 Å². The van der Waals surface area contributed by atoms with Crippen molar-refractivity contribution in [2.45, 2.75) is 26.2 Å². The highest BCUT2D eigenvalue weighted by atomic mass is 16.1. The molecule has 0 aliphatic carbocycles. The number of aliphatic imine (C=N–C) groups is 2. The van der Waals surface area contributed by atoms with Gasteiger partial charge in [-0.05, 0) is 47.2 Å². The minimum absolute atomic E-state index is 0.274. The third kappa shape index (κ3) is 3.86. The summed E-state index contributed by atoms with van der Waals surface area (Å²) in [4.78, 5) is 28.0. The molecule has 0 unspecified atom stereocenters. The lowest BCUT2D eigenvalue weighted by Crippen LogP contribution is -1.93. The molecule has 2 aromatic rings. The van der Waals surface area contributed by atoms with Crippen molar-refractivity contribution in [2.24, 2.45) is 9.98 Å². The Morgan fingerprint density at radius 3 is 2.14 bits per heavy atom. The molecule has 0 N–H and O–H groups in total. The minimum Gasteiger partial charge on any atom is -0.211 e. The fourth-order valence-electron chi connectivity index (χ4n) is 2.30. The van der Waals surface area contributed by atoms with Gasteiger partial charge in [-0.2, -0.15) is 9.98 Å².